The molecule has 1 aromatic heterocycles. The monoisotopic (exact) mass is 266 g/mol. The van der Waals surface area contributed by atoms with E-state index < -0.39 is 5.97 Å². The number of aromatic amines is 1. The van der Waals surface area contributed by atoms with E-state index in [-0.39, 0.29) is 18.9 Å². The molecule has 1 aromatic carbocycles. The summed E-state index contributed by atoms with van der Waals surface area (Å²) in [5.41, 5.74) is 1.16. The first-order valence-corrected chi connectivity index (χ1v) is 5.72. The molecular weight excluding hydrogens is 256 g/mol. The lowest BCUT2D eigenvalue weighted by molar-refractivity contribution is -0.136. The fraction of sp³-hybridized carbons (Fsp3) is 0.167. The average molecular weight is 267 g/mol. The number of amides is 1. The van der Waals surface area contributed by atoms with E-state index in [1.165, 1.54) is 0 Å². The van der Waals surface area contributed by atoms with Crippen molar-refractivity contribution in [2.45, 2.75) is 6.42 Å². The Morgan fingerprint density at radius 2 is 2.11 bits per heavy atom. The predicted octanol–water partition coefficient (Wildman–Crippen LogP) is 2.03. The predicted molar refractivity (Wildman–Crippen MR) is 67.9 cm³/mol. The van der Waals surface area contributed by atoms with E-state index in [1.54, 1.807) is 18.2 Å². The topological polar surface area (TPSA) is 82.2 Å². The van der Waals surface area contributed by atoms with Gasteiger partial charge in [0.1, 0.15) is 5.69 Å². The van der Waals surface area contributed by atoms with Gasteiger partial charge in [0.2, 0.25) is 0 Å². The number of carbonyl (C=O) groups excluding carboxylic acids is 1. The number of fused-ring (bicyclic) bond motifs is 1. The van der Waals surface area contributed by atoms with Crippen LogP contribution in [0.4, 0.5) is 0 Å². The fourth-order valence-electron chi connectivity index (χ4n) is 1.60. The molecule has 94 valence electrons. The molecule has 0 aliphatic carbocycles. The van der Waals surface area contributed by atoms with Gasteiger partial charge in [0.25, 0.3) is 5.91 Å². The maximum absolute atomic E-state index is 11.7. The lowest BCUT2D eigenvalue weighted by Gasteiger charge is -2.00. The van der Waals surface area contributed by atoms with Gasteiger partial charge in [0.05, 0.1) is 6.42 Å². The molecule has 5 nitrogen and oxygen atoms in total. The number of carbonyl (C=O) groups is 2. The van der Waals surface area contributed by atoms with E-state index in [0.29, 0.717) is 10.7 Å². The van der Waals surface area contributed by atoms with Crippen molar-refractivity contribution in [1.82, 2.24) is 10.3 Å². The van der Waals surface area contributed by atoms with Crippen LogP contribution >= 0.6 is 11.6 Å². The van der Waals surface area contributed by atoms with Gasteiger partial charge in [-0.3, -0.25) is 9.59 Å². The minimum atomic E-state index is -0.946. The third kappa shape index (κ3) is 2.81. The number of carboxylic acid groups (broad SMARTS) is 1. The number of hydrogen-bond acceptors (Lipinski definition) is 2. The Balaban J connectivity index is 2.10. The third-order valence-corrected chi connectivity index (χ3v) is 2.69. The number of carboxylic acids is 1. The highest BCUT2D eigenvalue weighted by molar-refractivity contribution is 6.31. The average Bonchev–Trinajstić information content (AvgIpc) is 2.71. The van der Waals surface area contributed by atoms with Crippen LogP contribution in [0.25, 0.3) is 10.9 Å². The smallest absolute Gasteiger partial charge is 0.305 e. The number of nitrogens with one attached hydrogen (secondary N) is 2. The van der Waals surface area contributed by atoms with Gasteiger partial charge in [-0.25, -0.2) is 0 Å². The number of aliphatic carboxylic acids is 1. The molecule has 0 aliphatic rings. The van der Waals surface area contributed by atoms with Gasteiger partial charge in [-0.1, -0.05) is 17.7 Å². The standard InChI is InChI=1S/C12H11ClN2O3/c13-8-2-1-7-5-10(15-9(7)6-8)12(18)14-4-3-11(16)17/h1-2,5-6,15H,3-4H2,(H,14,18)(H,16,17). The first-order valence-electron chi connectivity index (χ1n) is 5.34. The summed E-state index contributed by atoms with van der Waals surface area (Å²) < 4.78 is 0. The molecule has 2 rings (SSSR count). The van der Waals surface area contributed by atoms with Gasteiger partial charge >= 0.3 is 5.97 Å². The Labute approximate surface area is 108 Å². The minimum Gasteiger partial charge on any atom is -0.481 e. The van der Waals surface area contributed by atoms with Crippen LogP contribution in [0, 0.1) is 0 Å². The quantitative estimate of drug-likeness (QED) is 0.792. The summed E-state index contributed by atoms with van der Waals surface area (Å²) in [5.74, 6) is -1.28. The zero-order valence-corrected chi connectivity index (χ0v) is 10.1. The zero-order chi connectivity index (χ0) is 13.1. The first kappa shape index (κ1) is 12.4. The number of rotatable bonds is 4. The van der Waals surface area contributed by atoms with Gasteiger partial charge < -0.3 is 15.4 Å². The largest absolute Gasteiger partial charge is 0.481 e. The van der Waals surface area contributed by atoms with Crippen LogP contribution in [0.2, 0.25) is 5.02 Å². The van der Waals surface area contributed by atoms with E-state index in [9.17, 15) is 9.59 Å². The Kier molecular flexibility index (Phi) is 3.53. The highest BCUT2D eigenvalue weighted by Gasteiger charge is 2.09. The molecule has 3 N–H and O–H groups in total. The molecule has 0 fully saturated rings. The second-order valence-corrected chi connectivity index (χ2v) is 4.25. The van der Waals surface area contributed by atoms with Crippen LogP contribution in [0.15, 0.2) is 24.3 Å². The van der Waals surface area contributed by atoms with E-state index >= 15 is 0 Å². The third-order valence-electron chi connectivity index (χ3n) is 2.45. The number of halogens is 1. The van der Waals surface area contributed by atoms with Crippen molar-refractivity contribution < 1.29 is 14.7 Å². The van der Waals surface area contributed by atoms with Crippen molar-refractivity contribution in [3.8, 4) is 0 Å². The van der Waals surface area contributed by atoms with Crippen molar-refractivity contribution >= 4 is 34.4 Å². The maximum atomic E-state index is 11.7. The molecule has 1 amide bonds. The lowest BCUT2D eigenvalue weighted by atomic mass is 10.2. The first-order chi connectivity index (χ1) is 8.56. The number of aromatic nitrogens is 1. The SMILES string of the molecule is O=C(O)CCNC(=O)c1cc2ccc(Cl)cc2[nH]1. The Morgan fingerprint density at radius 1 is 1.33 bits per heavy atom. The molecule has 6 heteroatoms. The van der Waals surface area contributed by atoms with E-state index in [4.69, 9.17) is 16.7 Å². The van der Waals surface area contributed by atoms with Crippen molar-refractivity contribution in [2.24, 2.45) is 0 Å². The summed E-state index contributed by atoms with van der Waals surface area (Å²) >= 11 is 5.84. The molecule has 0 saturated carbocycles. The Hall–Kier alpha value is -2.01. The highest BCUT2D eigenvalue weighted by Crippen LogP contribution is 2.19. The van der Waals surface area contributed by atoms with Crippen LogP contribution in [-0.2, 0) is 4.79 Å². The van der Waals surface area contributed by atoms with Crippen molar-refractivity contribution in [3.05, 3.63) is 35.0 Å². The van der Waals surface area contributed by atoms with Crippen LogP contribution in [0.3, 0.4) is 0 Å². The Bertz CT molecular complexity index is 606. The van der Waals surface area contributed by atoms with Gasteiger partial charge in [-0.15, -0.1) is 0 Å². The van der Waals surface area contributed by atoms with Crippen molar-refractivity contribution in [2.75, 3.05) is 6.54 Å². The zero-order valence-electron chi connectivity index (χ0n) is 9.37. The summed E-state index contributed by atoms with van der Waals surface area (Å²) in [6, 6.07) is 6.97. The molecule has 1 heterocycles. The number of benzene rings is 1. The number of H-pyrrole nitrogens is 1. The van der Waals surface area contributed by atoms with Crippen LogP contribution < -0.4 is 5.32 Å². The van der Waals surface area contributed by atoms with Crippen LogP contribution in [-0.4, -0.2) is 28.5 Å². The molecule has 0 unspecified atom stereocenters. The van der Waals surface area contributed by atoms with Gasteiger partial charge in [-0.2, -0.15) is 0 Å². The van der Waals surface area contributed by atoms with E-state index in [0.717, 1.165) is 10.9 Å². The summed E-state index contributed by atoms with van der Waals surface area (Å²) in [5, 5.41) is 12.5. The molecule has 0 saturated heterocycles. The lowest BCUT2D eigenvalue weighted by Crippen LogP contribution is -2.26. The van der Waals surface area contributed by atoms with E-state index in [2.05, 4.69) is 10.3 Å². The summed E-state index contributed by atoms with van der Waals surface area (Å²) in [6.07, 6.45) is -0.0994. The molecule has 18 heavy (non-hydrogen) atoms. The maximum Gasteiger partial charge on any atom is 0.305 e. The van der Waals surface area contributed by atoms with Crippen molar-refractivity contribution in [3.63, 3.8) is 0 Å². The second-order valence-electron chi connectivity index (χ2n) is 3.81. The normalized spacial score (nSPS) is 10.5. The molecular formula is C12H11ClN2O3. The molecule has 0 aliphatic heterocycles. The summed E-state index contributed by atoms with van der Waals surface area (Å²) in [4.78, 5) is 25.0. The Morgan fingerprint density at radius 3 is 2.83 bits per heavy atom. The molecule has 0 spiro atoms. The van der Waals surface area contributed by atoms with Crippen molar-refractivity contribution in [1.29, 1.82) is 0 Å². The van der Waals surface area contributed by atoms with Crippen LogP contribution in [0.1, 0.15) is 16.9 Å². The highest BCUT2D eigenvalue weighted by atomic mass is 35.5. The molecule has 0 bridgehead atoms. The number of hydrogen-bond donors (Lipinski definition) is 3. The summed E-state index contributed by atoms with van der Waals surface area (Å²) in [7, 11) is 0. The molecule has 0 radical (unpaired) electrons. The molecule has 2 aromatic rings. The molecule has 0 atom stereocenters. The van der Waals surface area contributed by atoms with Crippen LogP contribution in [0.5, 0.6) is 0 Å². The van der Waals surface area contributed by atoms with Gasteiger partial charge in [0.15, 0.2) is 0 Å². The van der Waals surface area contributed by atoms with E-state index in [1.807, 2.05) is 6.07 Å². The van der Waals surface area contributed by atoms with Gasteiger partial charge in [-0.05, 0) is 18.2 Å². The van der Waals surface area contributed by atoms with Gasteiger partial charge in [0, 0.05) is 22.5 Å². The summed E-state index contributed by atoms with van der Waals surface area (Å²) in [6.45, 7) is 0.101. The second kappa shape index (κ2) is 5.10. The fourth-order valence-corrected chi connectivity index (χ4v) is 1.77. The minimum absolute atomic E-state index is 0.0994.